The van der Waals surface area contributed by atoms with E-state index in [2.05, 4.69) is 4.90 Å². The van der Waals surface area contributed by atoms with E-state index in [1.165, 1.54) is 0 Å². The fourth-order valence-electron chi connectivity index (χ4n) is 1.58. The van der Waals surface area contributed by atoms with Gasteiger partial charge in [-0.2, -0.15) is 0 Å². The predicted molar refractivity (Wildman–Crippen MR) is 42.8 cm³/mol. The minimum Gasteiger partial charge on any atom is -0.368 e. The lowest BCUT2D eigenvalue weighted by Gasteiger charge is -2.23. The zero-order valence-electron chi connectivity index (χ0n) is 6.79. The molecule has 0 bridgehead atoms. The van der Waals surface area contributed by atoms with Crippen LogP contribution in [-0.4, -0.2) is 36.5 Å². The van der Waals surface area contributed by atoms with E-state index in [9.17, 15) is 4.79 Å². The van der Waals surface area contributed by atoms with Gasteiger partial charge in [0.1, 0.15) is 0 Å². The maximum Gasteiger partial charge on any atom is 0.235 e. The summed E-state index contributed by atoms with van der Waals surface area (Å²) in [5.74, 6) is -0.399. The molecular weight excluding hydrogens is 142 g/mol. The van der Waals surface area contributed by atoms with E-state index in [4.69, 9.17) is 11.5 Å². The zero-order chi connectivity index (χ0) is 8.43. The molecule has 0 aromatic rings. The van der Waals surface area contributed by atoms with Crippen molar-refractivity contribution in [2.75, 3.05) is 13.6 Å². The molecule has 4 heteroatoms. The summed E-state index contributed by atoms with van der Waals surface area (Å²) >= 11 is 0. The van der Waals surface area contributed by atoms with Gasteiger partial charge in [-0.15, -0.1) is 0 Å². The van der Waals surface area contributed by atoms with Gasteiger partial charge in [0.15, 0.2) is 0 Å². The first-order valence-corrected chi connectivity index (χ1v) is 3.88. The van der Waals surface area contributed by atoms with Gasteiger partial charge in [0, 0.05) is 6.04 Å². The van der Waals surface area contributed by atoms with E-state index in [0.717, 1.165) is 19.4 Å². The summed E-state index contributed by atoms with van der Waals surface area (Å²) in [6.45, 7) is 1.02. The number of likely N-dealkylation sites (tertiary alicyclic amines) is 1. The van der Waals surface area contributed by atoms with Crippen LogP contribution in [-0.2, 0) is 4.79 Å². The average molecular weight is 157 g/mol. The van der Waals surface area contributed by atoms with Crippen LogP contribution in [0.15, 0.2) is 0 Å². The molecule has 0 aliphatic carbocycles. The first-order chi connectivity index (χ1) is 5.13. The van der Waals surface area contributed by atoms with Crippen molar-refractivity contribution in [2.45, 2.75) is 24.9 Å². The average Bonchev–Trinajstić information content (AvgIpc) is 2.33. The van der Waals surface area contributed by atoms with Gasteiger partial charge < -0.3 is 16.4 Å². The Hall–Kier alpha value is -0.610. The summed E-state index contributed by atoms with van der Waals surface area (Å²) < 4.78 is 0. The van der Waals surface area contributed by atoms with Gasteiger partial charge in [0.2, 0.25) is 5.91 Å². The second kappa shape index (κ2) is 3.19. The molecule has 64 valence electrons. The van der Waals surface area contributed by atoms with Gasteiger partial charge in [0.25, 0.3) is 0 Å². The number of likely N-dealkylation sites (N-methyl/N-ethyl adjacent to an activating group) is 1. The lowest BCUT2D eigenvalue weighted by atomic mass is 10.1. The molecule has 1 saturated heterocycles. The Morgan fingerprint density at radius 3 is 2.73 bits per heavy atom. The summed E-state index contributed by atoms with van der Waals surface area (Å²) in [5, 5.41) is 0. The molecule has 0 spiro atoms. The number of rotatable bonds is 2. The van der Waals surface area contributed by atoms with Gasteiger partial charge in [-0.3, -0.25) is 4.79 Å². The molecular formula is C7H15N3O. The molecule has 1 fully saturated rings. The molecule has 0 radical (unpaired) electrons. The first kappa shape index (κ1) is 8.49. The Kier molecular flexibility index (Phi) is 2.46. The van der Waals surface area contributed by atoms with Crippen LogP contribution in [0.3, 0.4) is 0 Å². The third-order valence-corrected chi connectivity index (χ3v) is 2.32. The molecule has 1 aliphatic heterocycles. The fraction of sp³-hybridized carbons (Fsp3) is 0.857. The lowest BCUT2D eigenvalue weighted by molar-refractivity contribution is -0.120. The molecule has 1 aliphatic rings. The Morgan fingerprint density at radius 1 is 1.73 bits per heavy atom. The zero-order valence-corrected chi connectivity index (χ0v) is 6.79. The van der Waals surface area contributed by atoms with Gasteiger partial charge in [-0.05, 0) is 26.4 Å². The molecule has 11 heavy (non-hydrogen) atoms. The summed E-state index contributed by atoms with van der Waals surface area (Å²) in [4.78, 5) is 12.8. The van der Waals surface area contributed by atoms with Crippen LogP contribution < -0.4 is 11.5 Å². The van der Waals surface area contributed by atoms with Crippen molar-refractivity contribution in [2.24, 2.45) is 11.5 Å². The maximum atomic E-state index is 10.7. The Labute approximate surface area is 66.5 Å². The lowest BCUT2D eigenvalue weighted by Crippen LogP contribution is -2.50. The minimum absolute atomic E-state index is 0.160. The Morgan fingerprint density at radius 2 is 2.36 bits per heavy atom. The van der Waals surface area contributed by atoms with Crippen molar-refractivity contribution >= 4 is 5.91 Å². The molecule has 1 amide bonds. The molecule has 2 atom stereocenters. The van der Waals surface area contributed by atoms with E-state index in [-0.39, 0.29) is 6.04 Å². The highest BCUT2D eigenvalue weighted by molar-refractivity contribution is 5.80. The first-order valence-electron chi connectivity index (χ1n) is 3.88. The molecule has 4 N–H and O–H groups in total. The molecule has 2 unspecified atom stereocenters. The monoisotopic (exact) mass is 157 g/mol. The Balaban J connectivity index is 2.52. The van der Waals surface area contributed by atoms with Crippen molar-refractivity contribution in [3.05, 3.63) is 0 Å². The van der Waals surface area contributed by atoms with E-state index >= 15 is 0 Å². The van der Waals surface area contributed by atoms with Crippen molar-refractivity contribution < 1.29 is 4.79 Å². The van der Waals surface area contributed by atoms with Crippen LogP contribution in [0.5, 0.6) is 0 Å². The van der Waals surface area contributed by atoms with Crippen molar-refractivity contribution in [3.63, 3.8) is 0 Å². The second-order valence-electron chi connectivity index (χ2n) is 3.12. The highest BCUT2D eigenvalue weighted by Gasteiger charge is 2.29. The van der Waals surface area contributed by atoms with Crippen LogP contribution in [0.4, 0.5) is 0 Å². The van der Waals surface area contributed by atoms with Crippen LogP contribution in [0.1, 0.15) is 12.8 Å². The molecule has 0 aromatic heterocycles. The summed E-state index contributed by atoms with van der Waals surface area (Å²) in [6, 6.07) is -0.338. The van der Waals surface area contributed by atoms with Gasteiger partial charge in [-0.1, -0.05) is 0 Å². The van der Waals surface area contributed by atoms with Crippen molar-refractivity contribution in [1.29, 1.82) is 0 Å². The largest absolute Gasteiger partial charge is 0.368 e. The van der Waals surface area contributed by atoms with Crippen LogP contribution in [0.25, 0.3) is 0 Å². The smallest absolute Gasteiger partial charge is 0.235 e. The third kappa shape index (κ3) is 1.70. The second-order valence-corrected chi connectivity index (χ2v) is 3.12. The van der Waals surface area contributed by atoms with Crippen molar-refractivity contribution in [1.82, 2.24) is 4.90 Å². The number of carbonyl (C=O) groups is 1. The van der Waals surface area contributed by atoms with Crippen LogP contribution >= 0.6 is 0 Å². The third-order valence-electron chi connectivity index (χ3n) is 2.32. The van der Waals surface area contributed by atoms with Crippen molar-refractivity contribution in [3.8, 4) is 0 Å². The van der Waals surface area contributed by atoms with Gasteiger partial charge >= 0.3 is 0 Å². The normalized spacial score (nSPS) is 28.7. The minimum atomic E-state index is -0.498. The Bertz CT molecular complexity index is 160. The number of carbonyl (C=O) groups excluding carboxylic acids is 1. The summed E-state index contributed by atoms with van der Waals surface area (Å²) in [5.41, 5.74) is 10.7. The quantitative estimate of drug-likeness (QED) is 0.534. The SMILES string of the molecule is CN1CCCC1C(N)C(N)=O. The predicted octanol–water partition coefficient (Wildman–Crippen LogP) is -1.11. The van der Waals surface area contributed by atoms with Crippen LogP contribution in [0.2, 0.25) is 0 Å². The standard InChI is InChI=1S/C7H15N3O/c1-10-4-2-3-5(10)6(8)7(9)11/h5-6H,2-4,8H2,1H3,(H2,9,11). The topological polar surface area (TPSA) is 72.3 Å². The number of nitrogens with zero attached hydrogens (tertiary/aromatic N) is 1. The highest BCUT2D eigenvalue weighted by Crippen LogP contribution is 2.16. The molecule has 1 rings (SSSR count). The maximum absolute atomic E-state index is 10.7. The van der Waals surface area contributed by atoms with Gasteiger partial charge in [0.05, 0.1) is 6.04 Å². The number of nitrogens with two attached hydrogens (primary N) is 2. The van der Waals surface area contributed by atoms with Crippen LogP contribution in [0, 0.1) is 0 Å². The van der Waals surface area contributed by atoms with Gasteiger partial charge in [-0.25, -0.2) is 0 Å². The molecule has 0 aromatic carbocycles. The number of hydrogen-bond donors (Lipinski definition) is 2. The highest BCUT2D eigenvalue weighted by atomic mass is 16.1. The number of amides is 1. The molecule has 4 nitrogen and oxygen atoms in total. The number of primary amides is 1. The summed E-state index contributed by atoms with van der Waals surface area (Å²) in [6.07, 6.45) is 2.10. The van der Waals surface area contributed by atoms with E-state index in [1.807, 2.05) is 7.05 Å². The molecule has 1 heterocycles. The number of hydrogen-bond acceptors (Lipinski definition) is 3. The van der Waals surface area contributed by atoms with E-state index < -0.39 is 11.9 Å². The summed E-state index contributed by atoms with van der Waals surface area (Å²) in [7, 11) is 1.97. The fourth-order valence-corrected chi connectivity index (χ4v) is 1.58. The van der Waals surface area contributed by atoms with E-state index in [0.29, 0.717) is 0 Å². The van der Waals surface area contributed by atoms with E-state index in [1.54, 1.807) is 0 Å². The molecule has 0 saturated carbocycles.